The Balaban J connectivity index is 2.00. The average molecular weight is 271 g/mol. The van der Waals surface area contributed by atoms with Crippen LogP contribution in [0.1, 0.15) is 31.4 Å². The second-order valence-corrected chi connectivity index (χ2v) is 4.90. The maximum Gasteiger partial charge on any atom is 0.244 e. The van der Waals surface area contributed by atoms with Gasteiger partial charge in [0.1, 0.15) is 0 Å². The van der Waals surface area contributed by atoms with Gasteiger partial charge in [-0.25, -0.2) is 0 Å². The zero-order valence-corrected chi connectivity index (χ0v) is 12.2. The van der Waals surface area contributed by atoms with E-state index >= 15 is 0 Å². The van der Waals surface area contributed by atoms with Gasteiger partial charge in [-0.3, -0.25) is 0 Å². The number of aryl methyl sites for hydroxylation is 1. The number of rotatable bonds is 6. The summed E-state index contributed by atoms with van der Waals surface area (Å²) in [6, 6.07) is 8.63. The summed E-state index contributed by atoms with van der Waals surface area (Å²) in [6.07, 6.45) is 2.66. The number of benzene rings is 1. The van der Waals surface area contributed by atoms with Gasteiger partial charge in [-0.05, 0) is 31.4 Å². The number of nitrogens with one attached hydrogen (secondary N) is 2. The SMILES string of the molecule is CCC(C)Nc1nncc(NCc2ccccc2C)n1. The summed E-state index contributed by atoms with van der Waals surface area (Å²) in [5.41, 5.74) is 2.52. The minimum atomic E-state index is 0.336. The first kappa shape index (κ1) is 14.2. The van der Waals surface area contributed by atoms with Crippen molar-refractivity contribution in [2.75, 3.05) is 10.6 Å². The molecule has 1 unspecified atom stereocenters. The van der Waals surface area contributed by atoms with Crippen LogP contribution in [0, 0.1) is 6.92 Å². The number of nitrogens with zero attached hydrogens (tertiary/aromatic N) is 3. The molecule has 1 aromatic heterocycles. The fraction of sp³-hybridized carbons (Fsp3) is 0.400. The molecule has 0 aliphatic rings. The lowest BCUT2D eigenvalue weighted by atomic mass is 10.1. The molecule has 1 atom stereocenters. The average Bonchev–Trinajstić information content (AvgIpc) is 2.47. The van der Waals surface area contributed by atoms with E-state index in [0.717, 1.165) is 18.8 Å². The van der Waals surface area contributed by atoms with E-state index in [9.17, 15) is 0 Å². The summed E-state index contributed by atoms with van der Waals surface area (Å²) in [4.78, 5) is 4.41. The van der Waals surface area contributed by atoms with Crippen molar-refractivity contribution in [3.63, 3.8) is 0 Å². The van der Waals surface area contributed by atoms with Crippen molar-refractivity contribution in [3.05, 3.63) is 41.6 Å². The van der Waals surface area contributed by atoms with E-state index < -0.39 is 0 Å². The van der Waals surface area contributed by atoms with Crippen LogP contribution in [-0.4, -0.2) is 21.2 Å². The zero-order chi connectivity index (χ0) is 14.4. The van der Waals surface area contributed by atoms with Crippen LogP contribution in [-0.2, 0) is 6.54 Å². The molecule has 106 valence electrons. The third-order valence-corrected chi connectivity index (χ3v) is 3.27. The Morgan fingerprint density at radius 1 is 1.25 bits per heavy atom. The van der Waals surface area contributed by atoms with Crippen molar-refractivity contribution in [1.29, 1.82) is 0 Å². The second kappa shape index (κ2) is 6.84. The molecule has 1 heterocycles. The maximum atomic E-state index is 4.41. The van der Waals surface area contributed by atoms with Crippen molar-refractivity contribution in [2.45, 2.75) is 39.8 Å². The van der Waals surface area contributed by atoms with E-state index in [-0.39, 0.29) is 0 Å². The molecule has 2 aromatic rings. The molecule has 0 aliphatic carbocycles. The number of hydrogen-bond acceptors (Lipinski definition) is 5. The van der Waals surface area contributed by atoms with Gasteiger partial charge < -0.3 is 10.6 Å². The van der Waals surface area contributed by atoms with E-state index in [1.165, 1.54) is 11.1 Å². The Kier molecular flexibility index (Phi) is 4.87. The van der Waals surface area contributed by atoms with Crippen molar-refractivity contribution >= 4 is 11.8 Å². The van der Waals surface area contributed by atoms with Crippen molar-refractivity contribution in [3.8, 4) is 0 Å². The van der Waals surface area contributed by atoms with Crippen molar-refractivity contribution < 1.29 is 0 Å². The Morgan fingerprint density at radius 3 is 2.80 bits per heavy atom. The molecule has 5 nitrogen and oxygen atoms in total. The number of anilines is 2. The predicted molar refractivity (Wildman–Crippen MR) is 81.7 cm³/mol. The summed E-state index contributed by atoms with van der Waals surface area (Å²) in [6.45, 7) is 7.04. The van der Waals surface area contributed by atoms with Gasteiger partial charge in [0.05, 0.1) is 6.20 Å². The summed E-state index contributed by atoms with van der Waals surface area (Å²) in [7, 11) is 0. The lowest BCUT2D eigenvalue weighted by Gasteiger charge is -2.12. The van der Waals surface area contributed by atoms with Gasteiger partial charge >= 0.3 is 0 Å². The molecule has 2 rings (SSSR count). The van der Waals surface area contributed by atoms with Gasteiger partial charge in [0.2, 0.25) is 5.95 Å². The van der Waals surface area contributed by atoms with Gasteiger partial charge in [0.15, 0.2) is 5.82 Å². The van der Waals surface area contributed by atoms with Crippen LogP contribution in [0.4, 0.5) is 11.8 Å². The van der Waals surface area contributed by atoms with Crippen LogP contribution < -0.4 is 10.6 Å². The number of aromatic nitrogens is 3. The van der Waals surface area contributed by atoms with Gasteiger partial charge in [0, 0.05) is 12.6 Å². The zero-order valence-electron chi connectivity index (χ0n) is 12.2. The second-order valence-electron chi connectivity index (χ2n) is 4.90. The standard InChI is InChI=1S/C15H21N5/c1-4-12(3)18-15-19-14(10-17-20-15)16-9-13-8-6-5-7-11(13)2/h5-8,10,12H,4,9H2,1-3H3,(H2,16,18,19,20). The lowest BCUT2D eigenvalue weighted by Crippen LogP contribution is -2.16. The third kappa shape index (κ3) is 3.91. The Hall–Kier alpha value is -2.17. The van der Waals surface area contributed by atoms with Crippen LogP contribution in [0.3, 0.4) is 0 Å². The molecule has 2 N–H and O–H groups in total. The summed E-state index contributed by atoms with van der Waals surface area (Å²) >= 11 is 0. The highest BCUT2D eigenvalue weighted by atomic mass is 15.3. The molecule has 1 aromatic carbocycles. The Morgan fingerprint density at radius 2 is 2.05 bits per heavy atom. The first-order valence-electron chi connectivity index (χ1n) is 6.93. The molecule has 0 amide bonds. The fourth-order valence-corrected chi connectivity index (χ4v) is 1.77. The Labute approximate surface area is 119 Å². The van der Waals surface area contributed by atoms with Crippen LogP contribution in [0.25, 0.3) is 0 Å². The molecule has 0 fully saturated rings. The van der Waals surface area contributed by atoms with Crippen LogP contribution in [0.2, 0.25) is 0 Å². The molecular formula is C15H21N5. The lowest BCUT2D eigenvalue weighted by molar-refractivity contribution is 0.746. The smallest absolute Gasteiger partial charge is 0.244 e. The normalized spacial score (nSPS) is 11.9. The molecule has 0 spiro atoms. The molecule has 5 heteroatoms. The largest absolute Gasteiger partial charge is 0.365 e. The summed E-state index contributed by atoms with van der Waals surface area (Å²) in [5.74, 6) is 1.29. The van der Waals surface area contributed by atoms with Gasteiger partial charge in [0.25, 0.3) is 0 Å². The monoisotopic (exact) mass is 271 g/mol. The fourth-order valence-electron chi connectivity index (χ4n) is 1.77. The maximum absolute atomic E-state index is 4.41. The first-order chi connectivity index (χ1) is 9.69. The van der Waals surface area contributed by atoms with Crippen molar-refractivity contribution in [1.82, 2.24) is 15.2 Å². The van der Waals surface area contributed by atoms with Gasteiger partial charge in [-0.1, -0.05) is 31.2 Å². The molecule has 20 heavy (non-hydrogen) atoms. The van der Waals surface area contributed by atoms with Gasteiger partial charge in [-0.15, -0.1) is 5.10 Å². The Bertz CT molecular complexity index is 555. The highest BCUT2D eigenvalue weighted by Crippen LogP contribution is 2.11. The van der Waals surface area contributed by atoms with Crippen LogP contribution >= 0.6 is 0 Å². The molecule has 0 bridgehead atoms. The van der Waals surface area contributed by atoms with E-state index in [1.54, 1.807) is 6.20 Å². The quantitative estimate of drug-likeness (QED) is 0.845. The summed E-state index contributed by atoms with van der Waals surface area (Å²) in [5, 5.41) is 14.5. The highest BCUT2D eigenvalue weighted by Gasteiger charge is 2.04. The van der Waals surface area contributed by atoms with Crippen molar-refractivity contribution in [2.24, 2.45) is 0 Å². The molecule has 0 saturated carbocycles. The topological polar surface area (TPSA) is 62.7 Å². The van der Waals surface area contributed by atoms with Crippen LogP contribution in [0.5, 0.6) is 0 Å². The molecular weight excluding hydrogens is 250 g/mol. The van der Waals surface area contributed by atoms with E-state index in [0.29, 0.717) is 12.0 Å². The third-order valence-electron chi connectivity index (χ3n) is 3.27. The summed E-state index contributed by atoms with van der Waals surface area (Å²) < 4.78 is 0. The van der Waals surface area contributed by atoms with Crippen LogP contribution in [0.15, 0.2) is 30.5 Å². The van der Waals surface area contributed by atoms with Gasteiger partial charge in [-0.2, -0.15) is 10.1 Å². The number of hydrogen-bond donors (Lipinski definition) is 2. The molecule has 0 saturated heterocycles. The predicted octanol–water partition coefficient (Wildman–Crippen LogP) is 3.00. The highest BCUT2D eigenvalue weighted by molar-refractivity contribution is 5.39. The first-order valence-corrected chi connectivity index (χ1v) is 6.93. The minimum absolute atomic E-state index is 0.336. The molecule has 0 radical (unpaired) electrons. The molecule has 0 aliphatic heterocycles. The van der Waals surface area contributed by atoms with E-state index in [2.05, 4.69) is 58.7 Å². The minimum Gasteiger partial charge on any atom is -0.365 e. The van der Waals surface area contributed by atoms with E-state index in [1.807, 2.05) is 12.1 Å². The van der Waals surface area contributed by atoms with E-state index in [4.69, 9.17) is 0 Å².